The second kappa shape index (κ2) is 3.71. The lowest BCUT2D eigenvalue weighted by Crippen LogP contribution is -2.19. The van der Waals surface area contributed by atoms with Gasteiger partial charge in [-0.3, -0.25) is 0 Å². The van der Waals surface area contributed by atoms with Gasteiger partial charge in [-0.25, -0.2) is 0 Å². The Balaban J connectivity index is 2.00. The van der Waals surface area contributed by atoms with Crippen molar-refractivity contribution in [1.29, 1.82) is 0 Å². The first-order valence-electron chi connectivity index (χ1n) is 5.89. The van der Waals surface area contributed by atoms with E-state index in [2.05, 4.69) is 17.0 Å². The van der Waals surface area contributed by atoms with Crippen molar-refractivity contribution in [3.8, 4) is 0 Å². The topological polar surface area (TPSA) is 3.24 Å². The maximum absolute atomic E-state index is 6.32. The van der Waals surface area contributed by atoms with Crippen LogP contribution < -0.4 is 4.90 Å². The van der Waals surface area contributed by atoms with Crippen molar-refractivity contribution in [2.75, 3.05) is 18.0 Å². The molecule has 0 spiro atoms. The molecule has 0 unspecified atom stereocenters. The van der Waals surface area contributed by atoms with E-state index in [1.54, 1.807) is 0 Å². The van der Waals surface area contributed by atoms with Gasteiger partial charge in [-0.15, -0.1) is 0 Å². The Morgan fingerprint density at radius 1 is 1.13 bits per heavy atom. The van der Waals surface area contributed by atoms with E-state index in [0.29, 0.717) is 0 Å². The number of anilines is 1. The van der Waals surface area contributed by atoms with Gasteiger partial charge in [-0.1, -0.05) is 17.7 Å². The van der Waals surface area contributed by atoms with Crippen LogP contribution in [0.15, 0.2) is 18.2 Å². The predicted molar refractivity (Wildman–Crippen MR) is 64.9 cm³/mol. The number of rotatable bonds is 2. The van der Waals surface area contributed by atoms with Crippen LogP contribution in [0.2, 0.25) is 5.02 Å². The summed E-state index contributed by atoms with van der Waals surface area (Å²) in [6.45, 7) is 2.42. The van der Waals surface area contributed by atoms with Gasteiger partial charge in [-0.2, -0.15) is 0 Å². The zero-order valence-corrected chi connectivity index (χ0v) is 9.63. The van der Waals surface area contributed by atoms with E-state index < -0.39 is 0 Å². The van der Waals surface area contributed by atoms with Crippen LogP contribution in [0.1, 0.15) is 37.2 Å². The molecule has 1 aromatic carbocycles. The van der Waals surface area contributed by atoms with Crippen molar-refractivity contribution in [2.24, 2.45) is 0 Å². The summed E-state index contributed by atoms with van der Waals surface area (Å²) in [6, 6.07) is 6.36. The summed E-state index contributed by atoms with van der Waals surface area (Å²) >= 11 is 6.32. The quantitative estimate of drug-likeness (QED) is 0.734. The van der Waals surface area contributed by atoms with Crippen LogP contribution in [-0.2, 0) is 0 Å². The summed E-state index contributed by atoms with van der Waals surface area (Å²) in [5.41, 5.74) is 2.82. The smallest absolute Gasteiger partial charge is 0.0461 e. The van der Waals surface area contributed by atoms with Gasteiger partial charge in [0.15, 0.2) is 0 Å². The number of benzene rings is 1. The minimum absolute atomic E-state index is 0.745. The first-order chi connectivity index (χ1) is 7.36. The fourth-order valence-electron chi connectivity index (χ4n) is 2.54. The molecule has 0 atom stereocenters. The molecule has 80 valence electrons. The molecule has 1 aliphatic heterocycles. The minimum atomic E-state index is 0.745. The maximum Gasteiger partial charge on any atom is 0.0461 e. The highest BCUT2D eigenvalue weighted by atomic mass is 35.5. The Labute approximate surface area is 96.0 Å². The number of nitrogens with zero attached hydrogens (tertiary/aromatic N) is 1. The van der Waals surface area contributed by atoms with Crippen LogP contribution >= 0.6 is 11.6 Å². The zero-order valence-electron chi connectivity index (χ0n) is 8.88. The highest BCUT2D eigenvalue weighted by molar-refractivity contribution is 6.31. The standard InChI is InChI=1S/C13H16ClN/c14-11-4-3-5-12(13(11)10-6-7-10)15-8-1-2-9-15/h3-5,10H,1-2,6-9H2. The highest BCUT2D eigenvalue weighted by Gasteiger charge is 2.30. The van der Waals surface area contributed by atoms with Crippen LogP contribution in [0.4, 0.5) is 5.69 Å². The van der Waals surface area contributed by atoms with Crippen molar-refractivity contribution in [3.63, 3.8) is 0 Å². The van der Waals surface area contributed by atoms with E-state index in [4.69, 9.17) is 11.6 Å². The van der Waals surface area contributed by atoms with E-state index in [1.165, 1.54) is 50.0 Å². The van der Waals surface area contributed by atoms with Gasteiger partial charge in [0, 0.05) is 23.8 Å². The summed E-state index contributed by atoms with van der Waals surface area (Å²) < 4.78 is 0. The second-order valence-corrected chi connectivity index (χ2v) is 5.05. The summed E-state index contributed by atoms with van der Waals surface area (Å²) in [7, 11) is 0. The highest BCUT2D eigenvalue weighted by Crippen LogP contribution is 2.47. The monoisotopic (exact) mass is 221 g/mol. The van der Waals surface area contributed by atoms with Gasteiger partial charge in [-0.05, 0) is 49.3 Å². The van der Waals surface area contributed by atoms with Crippen molar-refractivity contribution in [2.45, 2.75) is 31.6 Å². The first-order valence-corrected chi connectivity index (χ1v) is 6.27. The predicted octanol–water partition coefficient (Wildman–Crippen LogP) is 3.82. The molecule has 1 heterocycles. The molecule has 2 heteroatoms. The summed E-state index contributed by atoms with van der Waals surface area (Å²) in [5.74, 6) is 0.745. The van der Waals surface area contributed by atoms with E-state index >= 15 is 0 Å². The Kier molecular flexibility index (Phi) is 2.36. The molecule has 1 aromatic rings. The van der Waals surface area contributed by atoms with Gasteiger partial charge in [0.25, 0.3) is 0 Å². The summed E-state index contributed by atoms with van der Waals surface area (Å²) in [5, 5.41) is 0.974. The van der Waals surface area contributed by atoms with Crippen LogP contribution in [-0.4, -0.2) is 13.1 Å². The average molecular weight is 222 g/mol. The lowest BCUT2D eigenvalue weighted by Gasteiger charge is -2.22. The van der Waals surface area contributed by atoms with E-state index in [0.717, 1.165) is 10.9 Å². The van der Waals surface area contributed by atoms with E-state index in [1.807, 2.05) is 6.07 Å². The van der Waals surface area contributed by atoms with Gasteiger partial charge in [0.2, 0.25) is 0 Å². The Hall–Kier alpha value is -0.690. The number of hydrogen-bond donors (Lipinski definition) is 0. The SMILES string of the molecule is Clc1cccc(N2CCCC2)c1C1CC1. The van der Waals surface area contributed by atoms with Crippen molar-refractivity contribution < 1.29 is 0 Å². The van der Waals surface area contributed by atoms with Crippen molar-refractivity contribution in [3.05, 3.63) is 28.8 Å². The van der Waals surface area contributed by atoms with Crippen LogP contribution in [0.3, 0.4) is 0 Å². The average Bonchev–Trinajstić information content (AvgIpc) is 2.93. The molecule has 1 nitrogen and oxygen atoms in total. The molecule has 0 amide bonds. The molecule has 2 fully saturated rings. The fourth-order valence-corrected chi connectivity index (χ4v) is 2.86. The molecule has 3 rings (SSSR count). The van der Waals surface area contributed by atoms with Crippen LogP contribution in [0, 0.1) is 0 Å². The maximum atomic E-state index is 6.32. The molecule has 0 bridgehead atoms. The second-order valence-electron chi connectivity index (χ2n) is 4.64. The van der Waals surface area contributed by atoms with Crippen molar-refractivity contribution >= 4 is 17.3 Å². The third kappa shape index (κ3) is 1.74. The van der Waals surface area contributed by atoms with Crippen LogP contribution in [0.25, 0.3) is 0 Å². The third-order valence-electron chi connectivity index (χ3n) is 3.46. The fraction of sp³-hybridized carbons (Fsp3) is 0.538. The lowest BCUT2D eigenvalue weighted by molar-refractivity contribution is 0.946. The van der Waals surface area contributed by atoms with Gasteiger partial charge in [0.1, 0.15) is 0 Å². The van der Waals surface area contributed by atoms with Crippen molar-refractivity contribution in [1.82, 2.24) is 0 Å². The van der Waals surface area contributed by atoms with Gasteiger partial charge in [0.05, 0.1) is 0 Å². The normalized spacial score (nSPS) is 21.0. The molecular formula is C13H16ClN. The first kappa shape index (κ1) is 9.53. The Morgan fingerprint density at radius 3 is 2.53 bits per heavy atom. The van der Waals surface area contributed by atoms with E-state index in [9.17, 15) is 0 Å². The van der Waals surface area contributed by atoms with Crippen LogP contribution in [0.5, 0.6) is 0 Å². The molecule has 0 radical (unpaired) electrons. The lowest BCUT2D eigenvalue weighted by atomic mass is 10.1. The molecular weight excluding hydrogens is 206 g/mol. The number of halogens is 1. The van der Waals surface area contributed by atoms with Gasteiger partial charge < -0.3 is 4.90 Å². The molecule has 1 saturated carbocycles. The van der Waals surface area contributed by atoms with E-state index in [-0.39, 0.29) is 0 Å². The molecule has 1 aliphatic carbocycles. The zero-order chi connectivity index (χ0) is 10.3. The molecule has 0 N–H and O–H groups in total. The molecule has 1 saturated heterocycles. The third-order valence-corrected chi connectivity index (χ3v) is 3.79. The van der Waals surface area contributed by atoms with Gasteiger partial charge >= 0.3 is 0 Å². The molecule has 15 heavy (non-hydrogen) atoms. The molecule has 2 aliphatic rings. The Bertz CT molecular complexity index is 365. The molecule has 0 aromatic heterocycles. The minimum Gasteiger partial charge on any atom is -0.371 e. The largest absolute Gasteiger partial charge is 0.371 e. The summed E-state index contributed by atoms with van der Waals surface area (Å²) in [4.78, 5) is 2.50. The number of hydrogen-bond acceptors (Lipinski definition) is 1. The Morgan fingerprint density at radius 2 is 1.87 bits per heavy atom. The summed E-state index contributed by atoms with van der Waals surface area (Å²) in [6.07, 6.45) is 5.31.